The van der Waals surface area contributed by atoms with Crippen molar-refractivity contribution in [2.75, 3.05) is 18.1 Å². The fourth-order valence-corrected chi connectivity index (χ4v) is 3.48. The summed E-state index contributed by atoms with van der Waals surface area (Å²) in [5.41, 5.74) is 5.61. The first-order valence-corrected chi connectivity index (χ1v) is 8.38. The molecule has 0 bridgehead atoms. The third-order valence-electron chi connectivity index (χ3n) is 3.60. The summed E-state index contributed by atoms with van der Waals surface area (Å²) in [6.45, 7) is 0.918. The molecule has 1 aromatic rings. The van der Waals surface area contributed by atoms with E-state index in [1.807, 2.05) is 11.8 Å². The van der Waals surface area contributed by atoms with Gasteiger partial charge in [0.05, 0.1) is 12.1 Å². The van der Waals surface area contributed by atoms with E-state index in [1.165, 1.54) is 30.4 Å². The van der Waals surface area contributed by atoms with Crippen LogP contribution < -0.4 is 11.1 Å². The van der Waals surface area contributed by atoms with E-state index in [4.69, 9.17) is 5.73 Å². The van der Waals surface area contributed by atoms with Gasteiger partial charge in [0.15, 0.2) is 5.96 Å². The Morgan fingerprint density at radius 3 is 2.65 bits per heavy atom. The minimum atomic E-state index is -4.33. The first-order valence-electron chi connectivity index (χ1n) is 7.23. The first kappa shape index (κ1) is 20.4. The summed E-state index contributed by atoms with van der Waals surface area (Å²) in [5.74, 6) is 3.24. The average molecular weight is 459 g/mol. The summed E-state index contributed by atoms with van der Waals surface area (Å²) in [6.07, 6.45) is -2.00. The van der Waals surface area contributed by atoms with Crippen LogP contribution in [0, 0.1) is 5.92 Å². The van der Waals surface area contributed by atoms with E-state index in [9.17, 15) is 13.2 Å². The van der Waals surface area contributed by atoms with Gasteiger partial charge in [-0.25, -0.2) is 4.99 Å². The monoisotopic (exact) mass is 459 g/mol. The summed E-state index contributed by atoms with van der Waals surface area (Å²) in [7, 11) is 0. The molecule has 1 fully saturated rings. The number of thioether (sulfide) groups is 1. The lowest BCUT2D eigenvalue weighted by atomic mass is 10.0. The van der Waals surface area contributed by atoms with Crippen molar-refractivity contribution in [2.45, 2.75) is 25.6 Å². The van der Waals surface area contributed by atoms with Crippen LogP contribution >= 0.6 is 35.7 Å². The summed E-state index contributed by atoms with van der Waals surface area (Å²) in [4.78, 5) is 4.11. The average Bonchev–Trinajstić information content (AvgIpc) is 2.51. The number of aliphatic imine (C=N–C) groups is 1. The maximum Gasteiger partial charge on any atom is 0.416 e. The topological polar surface area (TPSA) is 50.4 Å². The Kier molecular flexibility index (Phi) is 8.52. The maximum atomic E-state index is 12.6. The van der Waals surface area contributed by atoms with Crippen molar-refractivity contribution in [1.82, 2.24) is 5.32 Å². The minimum Gasteiger partial charge on any atom is -0.370 e. The van der Waals surface area contributed by atoms with Gasteiger partial charge in [-0.1, -0.05) is 12.1 Å². The van der Waals surface area contributed by atoms with Crippen molar-refractivity contribution >= 4 is 41.7 Å². The molecule has 0 aliphatic carbocycles. The number of hydrogen-bond donors (Lipinski definition) is 2. The summed E-state index contributed by atoms with van der Waals surface area (Å²) in [6, 6.07) is 5.16. The van der Waals surface area contributed by atoms with Gasteiger partial charge in [0.1, 0.15) is 0 Å². The molecule has 0 unspecified atom stereocenters. The van der Waals surface area contributed by atoms with Gasteiger partial charge < -0.3 is 11.1 Å². The zero-order valence-electron chi connectivity index (χ0n) is 12.6. The molecule has 0 radical (unpaired) electrons. The standard InChI is InChI=1S/C15H20F3N3S.HI/c16-15(17,18)13-3-1-2-12(8-13)10-21-14(19)20-9-11-4-6-22-7-5-11;/h1-3,8,11H,4-7,9-10H2,(H3,19,20,21);1H. The molecular weight excluding hydrogens is 438 g/mol. The van der Waals surface area contributed by atoms with Gasteiger partial charge in [-0.15, -0.1) is 24.0 Å². The molecule has 0 saturated carbocycles. The molecule has 0 spiro atoms. The van der Waals surface area contributed by atoms with Gasteiger partial charge in [0.25, 0.3) is 0 Å². The zero-order chi connectivity index (χ0) is 16.0. The molecule has 1 aliphatic heterocycles. The fourth-order valence-electron chi connectivity index (χ4n) is 2.28. The lowest BCUT2D eigenvalue weighted by Crippen LogP contribution is -2.36. The van der Waals surface area contributed by atoms with Crippen molar-refractivity contribution < 1.29 is 13.2 Å². The van der Waals surface area contributed by atoms with Crippen LogP contribution in [0.25, 0.3) is 0 Å². The van der Waals surface area contributed by atoms with Crippen molar-refractivity contribution in [1.29, 1.82) is 0 Å². The van der Waals surface area contributed by atoms with E-state index < -0.39 is 11.7 Å². The highest BCUT2D eigenvalue weighted by atomic mass is 127. The van der Waals surface area contributed by atoms with Gasteiger partial charge in [0.2, 0.25) is 0 Å². The highest BCUT2D eigenvalue weighted by Gasteiger charge is 2.30. The van der Waals surface area contributed by atoms with Crippen LogP contribution in [0.15, 0.2) is 29.3 Å². The quantitative estimate of drug-likeness (QED) is 0.409. The highest BCUT2D eigenvalue weighted by Crippen LogP contribution is 2.29. The van der Waals surface area contributed by atoms with Crippen molar-refractivity contribution in [3.63, 3.8) is 0 Å². The normalized spacial score (nSPS) is 16.7. The van der Waals surface area contributed by atoms with E-state index in [1.54, 1.807) is 6.07 Å². The lowest BCUT2D eigenvalue weighted by Gasteiger charge is -2.21. The Morgan fingerprint density at radius 2 is 2.00 bits per heavy atom. The summed E-state index contributed by atoms with van der Waals surface area (Å²) >= 11 is 1.96. The molecule has 1 saturated heterocycles. The number of nitrogens with zero attached hydrogens (tertiary/aromatic N) is 1. The van der Waals surface area contributed by atoms with Crippen molar-refractivity contribution in [2.24, 2.45) is 16.6 Å². The molecular formula is C15H21F3IN3S. The molecule has 3 N–H and O–H groups in total. The molecule has 0 aromatic heterocycles. The predicted molar refractivity (Wildman–Crippen MR) is 100 cm³/mol. The number of nitrogens with two attached hydrogens (primary N) is 1. The minimum absolute atomic E-state index is 0. The molecule has 8 heteroatoms. The van der Waals surface area contributed by atoms with Crippen LogP contribution in [0.3, 0.4) is 0 Å². The molecule has 1 aromatic carbocycles. The molecule has 1 heterocycles. The highest BCUT2D eigenvalue weighted by molar-refractivity contribution is 14.0. The Bertz CT molecular complexity index is 517. The lowest BCUT2D eigenvalue weighted by molar-refractivity contribution is -0.137. The Morgan fingerprint density at radius 1 is 1.30 bits per heavy atom. The van der Waals surface area contributed by atoms with Gasteiger partial charge in [-0.05, 0) is 48.0 Å². The SMILES string of the molecule is I.NC(=NCc1cccc(C(F)(F)F)c1)NCC1CCSCC1. The van der Waals surface area contributed by atoms with Crippen molar-refractivity contribution in [3.05, 3.63) is 35.4 Å². The van der Waals surface area contributed by atoms with Crippen LogP contribution in [-0.2, 0) is 12.7 Å². The van der Waals surface area contributed by atoms with Crippen LogP contribution in [0.1, 0.15) is 24.0 Å². The number of rotatable bonds is 4. The van der Waals surface area contributed by atoms with Crippen LogP contribution in [0.2, 0.25) is 0 Å². The van der Waals surface area contributed by atoms with E-state index >= 15 is 0 Å². The maximum absolute atomic E-state index is 12.6. The largest absolute Gasteiger partial charge is 0.416 e. The zero-order valence-corrected chi connectivity index (χ0v) is 15.8. The second-order valence-corrected chi connectivity index (χ2v) is 6.56. The van der Waals surface area contributed by atoms with E-state index in [0.29, 0.717) is 11.5 Å². The van der Waals surface area contributed by atoms with Gasteiger partial charge >= 0.3 is 6.18 Å². The second kappa shape index (κ2) is 9.61. The Hall–Kier alpha value is -0.640. The van der Waals surface area contributed by atoms with Crippen LogP contribution in [0.5, 0.6) is 0 Å². The van der Waals surface area contributed by atoms with Gasteiger partial charge in [-0.2, -0.15) is 24.9 Å². The van der Waals surface area contributed by atoms with Crippen molar-refractivity contribution in [3.8, 4) is 0 Å². The fraction of sp³-hybridized carbons (Fsp3) is 0.533. The van der Waals surface area contributed by atoms with Gasteiger partial charge in [0, 0.05) is 6.54 Å². The first-order chi connectivity index (χ1) is 10.4. The molecule has 0 atom stereocenters. The smallest absolute Gasteiger partial charge is 0.370 e. The molecule has 130 valence electrons. The van der Waals surface area contributed by atoms with Crippen LogP contribution in [-0.4, -0.2) is 24.0 Å². The Balaban J connectivity index is 0.00000264. The number of hydrogen-bond acceptors (Lipinski definition) is 2. The number of alkyl halides is 3. The van der Waals surface area contributed by atoms with E-state index in [0.717, 1.165) is 18.7 Å². The molecule has 2 rings (SSSR count). The number of halogens is 4. The summed E-state index contributed by atoms with van der Waals surface area (Å²) in [5, 5.41) is 3.06. The van der Waals surface area contributed by atoms with Crippen LogP contribution in [0.4, 0.5) is 13.2 Å². The second-order valence-electron chi connectivity index (χ2n) is 5.34. The van der Waals surface area contributed by atoms with Gasteiger partial charge in [-0.3, -0.25) is 0 Å². The van der Waals surface area contributed by atoms with E-state index in [-0.39, 0.29) is 36.5 Å². The number of guanidine groups is 1. The molecule has 1 aliphatic rings. The van der Waals surface area contributed by atoms with E-state index in [2.05, 4.69) is 10.3 Å². The molecule has 3 nitrogen and oxygen atoms in total. The molecule has 23 heavy (non-hydrogen) atoms. The third-order valence-corrected chi connectivity index (χ3v) is 4.65. The Labute approximate surface area is 155 Å². The summed E-state index contributed by atoms with van der Waals surface area (Å²) < 4.78 is 37.9. The predicted octanol–water partition coefficient (Wildman–Crippen LogP) is 3.87. The molecule has 0 amide bonds. The number of benzene rings is 1. The third kappa shape index (κ3) is 7.19. The number of nitrogens with one attached hydrogen (secondary N) is 1.